The Morgan fingerprint density at radius 3 is 2.68 bits per heavy atom. The first-order valence-electron chi connectivity index (χ1n) is 7.66. The summed E-state index contributed by atoms with van der Waals surface area (Å²) in [5, 5.41) is 1.25. The van der Waals surface area contributed by atoms with Crippen molar-refractivity contribution in [2.24, 2.45) is 0 Å². The van der Waals surface area contributed by atoms with Crippen LogP contribution >= 0.6 is 0 Å². The van der Waals surface area contributed by atoms with Gasteiger partial charge < -0.3 is 9.72 Å². The molecule has 0 bridgehead atoms. The molecule has 0 saturated carbocycles. The van der Waals surface area contributed by atoms with Crippen molar-refractivity contribution in [1.82, 2.24) is 4.98 Å². The Morgan fingerprint density at radius 1 is 1.05 bits per heavy atom. The monoisotopic (exact) mass is 291 g/mol. The summed E-state index contributed by atoms with van der Waals surface area (Å²) in [4.78, 5) is 15.7. The average molecular weight is 291 g/mol. The predicted molar refractivity (Wildman–Crippen MR) is 86.0 cm³/mol. The van der Waals surface area contributed by atoms with Crippen molar-refractivity contribution in [2.75, 3.05) is 0 Å². The largest absolute Gasteiger partial charge is 0.458 e. The maximum Gasteiger partial charge on any atom is 0.338 e. The second-order valence-corrected chi connectivity index (χ2v) is 5.76. The Hall–Kier alpha value is -2.55. The van der Waals surface area contributed by atoms with Crippen LogP contribution in [0, 0.1) is 0 Å². The molecular formula is C19H17NO2. The molecule has 1 N–H and O–H groups in total. The van der Waals surface area contributed by atoms with Gasteiger partial charge in [-0.15, -0.1) is 0 Å². The minimum atomic E-state index is -0.228. The molecule has 0 fully saturated rings. The van der Waals surface area contributed by atoms with Crippen LogP contribution in [0.5, 0.6) is 0 Å². The first-order chi connectivity index (χ1) is 10.8. The summed E-state index contributed by atoms with van der Waals surface area (Å²) < 4.78 is 5.70. The topological polar surface area (TPSA) is 42.1 Å². The van der Waals surface area contributed by atoms with Crippen molar-refractivity contribution >= 4 is 16.9 Å². The number of hydrogen-bond donors (Lipinski definition) is 1. The van der Waals surface area contributed by atoms with E-state index in [1.165, 1.54) is 22.2 Å². The number of H-pyrrole nitrogens is 1. The zero-order chi connectivity index (χ0) is 14.9. The number of para-hydroxylation sites is 1. The third-order valence-electron chi connectivity index (χ3n) is 4.33. The molecule has 1 aliphatic carbocycles. The van der Waals surface area contributed by atoms with E-state index in [9.17, 15) is 4.79 Å². The standard InChI is InChI=1S/C19H17NO2/c21-19(13-6-2-1-3-7-13)22-14-10-11-18-16(12-14)15-8-4-5-9-17(15)20-18/h1-9,14,20H,10-12H2. The van der Waals surface area contributed by atoms with E-state index >= 15 is 0 Å². The quantitative estimate of drug-likeness (QED) is 0.728. The minimum absolute atomic E-state index is 0.0422. The average Bonchev–Trinajstić information content (AvgIpc) is 2.94. The number of carbonyl (C=O) groups excluding carboxylic acids is 1. The molecule has 1 atom stereocenters. The number of esters is 1. The van der Waals surface area contributed by atoms with E-state index in [0.717, 1.165) is 19.3 Å². The molecule has 4 rings (SSSR count). The zero-order valence-electron chi connectivity index (χ0n) is 12.2. The van der Waals surface area contributed by atoms with Crippen LogP contribution in [0.3, 0.4) is 0 Å². The van der Waals surface area contributed by atoms with Crippen LogP contribution in [-0.4, -0.2) is 17.1 Å². The van der Waals surface area contributed by atoms with E-state index in [4.69, 9.17) is 4.74 Å². The predicted octanol–water partition coefficient (Wildman–Crippen LogP) is 3.88. The number of aromatic amines is 1. The lowest BCUT2D eigenvalue weighted by atomic mass is 9.93. The molecule has 3 aromatic rings. The lowest BCUT2D eigenvalue weighted by Gasteiger charge is -2.22. The second-order valence-electron chi connectivity index (χ2n) is 5.76. The molecule has 0 radical (unpaired) electrons. The highest BCUT2D eigenvalue weighted by Gasteiger charge is 2.25. The summed E-state index contributed by atoms with van der Waals surface area (Å²) >= 11 is 0. The molecule has 0 aliphatic heterocycles. The maximum absolute atomic E-state index is 12.2. The van der Waals surface area contributed by atoms with Crippen LogP contribution in [0.25, 0.3) is 10.9 Å². The van der Waals surface area contributed by atoms with Crippen LogP contribution in [0.1, 0.15) is 28.0 Å². The molecule has 1 heterocycles. The zero-order valence-corrected chi connectivity index (χ0v) is 12.2. The maximum atomic E-state index is 12.2. The van der Waals surface area contributed by atoms with Gasteiger partial charge in [-0.25, -0.2) is 4.79 Å². The van der Waals surface area contributed by atoms with E-state index in [2.05, 4.69) is 23.2 Å². The second kappa shape index (κ2) is 5.34. The number of carbonyl (C=O) groups is 1. The highest BCUT2D eigenvalue weighted by molar-refractivity contribution is 5.89. The van der Waals surface area contributed by atoms with Crippen molar-refractivity contribution < 1.29 is 9.53 Å². The van der Waals surface area contributed by atoms with Crippen LogP contribution in [-0.2, 0) is 17.6 Å². The molecule has 1 aromatic heterocycles. The lowest BCUT2D eigenvalue weighted by Crippen LogP contribution is -2.25. The van der Waals surface area contributed by atoms with E-state index < -0.39 is 0 Å². The first-order valence-corrected chi connectivity index (χ1v) is 7.66. The van der Waals surface area contributed by atoms with Gasteiger partial charge in [0.1, 0.15) is 6.10 Å². The minimum Gasteiger partial charge on any atom is -0.458 e. The summed E-state index contributed by atoms with van der Waals surface area (Å²) in [5.74, 6) is -0.228. The van der Waals surface area contributed by atoms with Gasteiger partial charge in [-0.3, -0.25) is 0 Å². The molecule has 0 spiro atoms. The molecule has 3 heteroatoms. The Bertz CT molecular complexity index is 820. The summed E-state index contributed by atoms with van der Waals surface area (Å²) in [5.41, 5.74) is 4.37. The number of fused-ring (bicyclic) bond motifs is 3. The number of hydrogen-bond acceptors (Lipinski definition) is 2. The molecule has 1 aliphatic rings. The molecule has 2 aromatic carbocycles. The van der Waals surface area contributed by atoms with Gasteiger partial charge >= 0.3 is 5.97 Å². The number of nitrogens with one attached hydrogen (secondary N) is 1. The summed E-state index contributed by atoms with van der Waals surface area (Å²) in [6.07, 6.45) is 2.55. The van der Waals surface area contributed by atoms with Crippen LogP contribution in [0.4, 0.5) is 0 Å². The Morgan fingerprint density at radius 2 is 1.82 bits per heavy atom. The van der Waals surface area contributed by atoms with E-state index in [1.807, 2.05) is 24.3 Å². The molecule has 22 heavy (non-hydrogen) atoms. The van der Waals surface area contributed by atoms with Gasteiger partial charge in [0.15, 0.2) is 0 Å². The van der Waals surface area contributed by atoms with Gasteiger partial charge in [0, 0.05) is 23.0 Å². The van der Waals surface area contributed by atoms with Crippen molar-refractivity contribution in [3.63, 3.8) is 0 Å². The van der Waals surface area contributed by atoms with E-state index in [-0.39, 0.29) is 12.1 Å². The van der Waals surface area contributed by atoms with Crippen LogP contribution in [0.2, 0.25) is 0 Å². The van der Waals surface area contributed by atoms with Crippen LogP contribution in [0.15, 0.2) is 54.6 Å². The van der Waals surface area contributed by atoms with Gasteiger partial charge in [0.25, 0.3) is 0 Å². The molecule has 110 valence electrons. The molecule has 1 unspecified atom stereocenters. The van der Waals surface area contributed by atoms with Gasteiger partial charge in [0.2, 0.25) is 0 Å². The fourth-order valence-corrected chi connectivity index (χ4v) is 3.23. The van der Waals surface area contributed by atoms with Crippen molar-refractivity contribution in [3.8, 4) is 0 Å². The summed E-state index contributed by atoms with van der Waals surface area (Å²) in [6.45, 7) is 0. The number of rotatable bonds is 2. The Labute approximate surface area is 128 Å². The van der Waals surface area contributed by atoms with Gasteiger partial charge in [-0.1, -0.05) is 36.4 Å². The Balaban J connectivity index is 1.56. The first kappa shape index (κ1) is 13.1. The lowest BCUT2D eigenvalue weighted by molar-refractivity contribution is 0.0271. The molecular weight excluding hydrogens is 274 g/mol. The smallest absolute Gasteiger partial charge is 0.338 e. The summed E-state index contributed by atoms with van der Waals surface area (Å²) in [7, 11) is 0. The van der Waals surface area contributed by atoms with Crippen molar-refractivity contribution in [2.45, 2.75) is 25.4 Å². The highest BCUT2D eigenvalue weighted by atomic mass is 16.5. The van der Waals surface area contributed by atoms with Crippen molar-refractivity contribution in [3.05, 3.63) is 71.4 Å². The van der Waals surface area contributed by atoms with Gasteiger partial charge in [-0.05, 0) is 36.6 Å². The van der Waals surface area contributed by atoms with Crippen molar-refractivity contribution in [1.29, 1.82) is 0 Å². The third kappa shape index (κ3) is 2.29. The molecule has 0 amide bonds. The SMILES string of the molecule is O=C(OC1CCc2[nH]c3ccccc3c2C1)c1ccccc1. The fourth-order valence-electron chi connectivity index (χ4n) is 3.23. The number of aryl methyl sites for hydroxylation is 1. The van der Waals surface area contributed by atoms with E-state index in [0.29, 0.717) is 5.56 Å². The fraction of sp³-hybridized carbons (Fsp3) is 0.211. The third-order valence-corrected chi connectivity index (χ3v) is 4.33. The number of aromatic nitrogens is 1. The molecule has 0 saturated heterocycles. The van der Waals surface area contributed by atoms with Crippen LogP contribution < -0.4 is 0 Å². The molecule has 3 nitrogen and oxygen atoms in total. The normalized spacial score (nSPS) is 17.2. The number of ether oxygens (including phenoxy) is 1. The van der Waals surface area contributed by atoms with Gasteiger partial charge in [-0.2, -0.15) is 0 Å². The highest BCUT2D eigenvalue weighted by Crippen LogP contribution is 2.30. The van der Waals surface area contributed by atoms with E-state index in [1.54, 1.807) is 12.1 Å². The summed E-state index contributed by atoms with van der Waals surface area (Å²) in [6, 6.07) is 17.5. The number of benzene rings is 2. The van der Waals surface area contributed by atoms with Gasteiger partial charge in [0.05, 0.1) is 5.56 Å². The Kier molecular flexibility index (Phi) is 3.19.